The molecule has 1 unspecified atom stereocenters. The van der Waals surface area contributed by atoms with E-state index in [2.05, 4.69) is 0 Å². The number of hydrogen-bond acceptors (Lipinski definition) is 8. The van der Waals surface area contributed by atoms with E-state index in [4.69, 9.17) is 0 Å². The first-order valence-electron chi connectivity index (χ1n) is 5.75. The number of nitro benzene ring substituents is 2. The minimum absolute atomic E-state index is 0.340. The van der Waals surface area contributed by atoms with Crippen LogP contribution in [0.1, 0.15) is 17.3 Å². The van der Waals surface area contributed by atoms with E-state index in [9.17, 15) is 34.6 Å². The molecule has 1 fully saturated rings. The second-order valence-electron chi connectivity index (χ2n) is 4.29. The Labute approximate surface area is 126 Å². The van der Waals surface area contributed by atoms with E-state index in [0.29, 0.717) is 22.7 Å². The molecule has 0 spiro atoms. The molecule has 0 aliphatic carbocycles. The molecule has 0 radical (unpaired) electrons. The van der Waals surface area contributed by atoms with Gasteiger partial charge in [0.05, 0.1) is 21.5 Å². The summed E-state index contributed by atoms with van der Waals surface area (Å²) in [6.07, 6.45) is 0. The molecular formula is C11H7N3O7S. The Morgan fingerprint density at radius 1 is 1.14 bits per heavy atom. The minimum Gasteiger partial charge on any atom is -0.284 e. The SMILES string of the molecule is CC1C(=O)SC(=O)N1C(=O)c1cc([N+](=O)[O-])cc([N+](=O)[O-])c1. The molecule has 1 saturated heterocycles. The second kappa shape index (κ2) is 5.52. The van der Waals surface area contributed by atoms with Gasteiger partial charge in [-0.3, -0.25) is 39.5 Å². The van der Waals surface area contributed by atoms with Crippen LogP contribution in [0.3, 0.4) is 0 Å². The Morgan fingerprint density at radius 2 is 1.64 bits per heavy atom. The molecule has 1 heterocycles. The van der Waals surface area contributed by atoms with Crippen molar-refractivity contribution in [1.29, 1.82) is 0 Å². The first-order valence-corrected chi connectivity index (χ1v) is 6.57. The molecule has 10 nitrogen and oxygen atoms in total. The third kappa shape index (κ3) is 2.65. The summed E-state index contributed by atoms with van der Waals surface area (Å²) < 4.78 is 0. The lowest BCUT2D eigenvalue weighted by Gasteiger charge is -2.16. The van der Waals surface area contributed by atoms with E-state index in [-0.39, 0.29) is 0 Å². The molecule has 1 aromatic rings. The quantitative estimate of drug-likeness (QED) is 0.604. The van der Waals surface area contributed by atoms with Gasteiger partial charge in [-0.05, 0) is 6.92 Å². The fourth-order valence-electron chi connectivity index (χ4n) is 1.81. The van der Waals surface area contributed by atoms with E-state index in [1.807, 2.05) is 0 Å². The first kappa shape index (κ1) is 15.6. The van der Waals surface area contributed by atoms with Gasteiger partial charge in [0, 0.05) is 23.9 Å². The highest BCUT2D eigenvalue weighted by atomic mass is 32.2. The predicted octanol–water partition coefficient (Wildman–Crippen LogP) is 1.73. The average molecular weight is 325 g/mol. The number of non-ortho nitro benzene ring substituents is 2. The fraction of sp³-hybridized carbons (Fsp3) is 0.182. The van der Waals surface area contributed by atoms with Gasteiger partial charge in [-0.15, -0.1) is 0 Å². The topological polar surface area (TPSA) is 141 Å². The lowest BCUT2D eigenvalue weighted by Crippen LogP contribution is -2.38. The summed E-state index contributed by atoms with van der Waals surface area (Å²) in [6.45, 7) is 1.32. The number of amides is 2. The van der Waals surface area contributed by atoms with Gasteiger partial charge in [0.1, 0.15) is 6.04 Å². The summed E-state index contributed by atoms with van der Waals surface area (Å²) in [5, 5.41) is 20.2. The Bertz CT molecular complexity index is 700. The molecule has 114 valence electrons. The van der Waals surface area contributed by atoms with Crippen LogP contribution in [-0.4, -0.2) is 37.1 Å². The molecule has 1 aromatic carbocycles. The summed E-state index contributed by atoms with van der Waals surface area (Å²) in [4.78, 5) is 55.7. The molecular weight excluding hydrogens is 318 g/mol. The van der Waals surface area contributed by atoms with Crippen LogP contribution in [0.4, 0.5) is 16.2 Å². The molecule has 0 N–H and O–H groups in total. The number of carbonyl (C=O) groups excluding carboxylic acids is 3. The first-order chi connectivity index (χ1) is 10.2. The van der Waals surface area contributed by atoms with Crippen molar-refractivity contribution in [2.75, 3.05) is 0 Å². The molecule has 11 heteroatoms. The van der Waals surface area contributed by atoms with E-state index in [1.54, 1.807) is 0 Å². The van der Waals surface area contributed by atoms with E-state index in [1.165, 1.54) is 6.92 Å². The van der Waals surface area contributed by atoms with Crippen molar-refractivity contribution in [2.24, 2.45) is 0 Å². The monoisotopic (exact) mass is 325 g/mol. The lowest BCUT2D eigenvalue weighted by molar-refractivity contribution is -0.394. The van der Waals surface area contributed by atoms with Crippen LogP contribution in [-0.2, 0) is 4.79 Å². The number of carbonyl (C=O) groups is 3. The standard InChI is InChI=1S/C11H7N3O7S/c1-5-10(16)22-11(17)12(5)9(15)6-2-7(13(18)19)4-8(3-6)14(20)21/h2-5H,1H3. The molecule has 0 saturated carbocycles. The Hall–Kier alpha value is -2.82. The zero-order valence-corrected chi connectivity index (χ0v) is 11.7. The van der Waals surface area contributed by atoms with Crippen LogP contribution in [0.5, 0.6) is 0 Å². The minimum atomic E-state index is -1.04. The van der Waals surface area contributed by atoms with Crippen molar-refractivity contribution in [2.45, 2.75) is 13.0 Å². The molecule has 22 heavy (non-hydrogen) atoms. The van der Waals surface area contributed by atoms with Crippen LogP contribution in [0.15, 0.2) is 18.2 Å². The summed E-state index contributed by atoms with van der Waals surface area (Å²) in [5.41, 5.74) is -1.72. The summed E-state index contributed by atoms with van der Waals surface area (Å²) in [6, 6.07) is 1.31. The lowest BCUT2D eigenvalue weighted by atomic mass is 10.1. The third-order valence-electron chi connectivity index (χ3n) is 2.90. The number of imide groups is 1. The average Bonchev–Trinajstić information content (AvgIpc) is 2.70. The van der Waals surface area contributed by atoms with Crippen molar-refractivity contribution >= 4 is 39.4 Å². The summed E-state index contributed by atoms with van der Waals surface area (Å²) >= 11 is 0.340. The normalized spacial score (nSPS) is 17.7. The highest BCUT2D eigenvalue weighted by molar-refractivity contribution is 8.26. The second-order valence-corrected chi connectivity index (χ2v) is 5.25. The van der Waals surface area contributed by atoms with E-state index < -0.39 is 49.1 Å². The summed E-state index contributed by atoms with van der Waals surface area (Å²) in [7, 11) is 0. The largest absolute Gasteiger partial charge is 0.296 e. The molecule has 1 aliphatic heterocycles. The van der Waals surface area contributed by atoms with Crippen molar-refractivity contribution in [3.8, 4) is 0 Å². The number of rotatable bonds is 3. The maximum absolute atomic E-state index is 12.3. The van der Waals surface area contributed by atoms with Crippen LogP contribution in [0, 0.1) is 20.2 Å². The maximum atomic E-state index is 12.3. The zero-order chi connectivity index (χ0) is 16.6. The Balaban J connectivity index is 2.49. The van der Waals surface area contributed by atoms with Crippen LogP contribution >= 0.6 is 11.8 Å². The van der Waals surface area contributed by atoms with Crippen LogP contribution in [0.2, 0.25) is 0 Å². The number of thioether (sulfide) groups is 1. The molecule has 1 atom stereocenters. The van der Waals surface area contributed by atoms with Crippen molar-refractivity contribution in [3.63, 3.8) is 0 Å². The molecule has 1 aliphatic rings. The van der Waals surface area contributed by atoms with Gasteiger partial charge in [0.25, 0.3) is 22.5 Å². The zero-order valence-electron chi connectivity index (χ0n) is 10.9. The van der Waals surface area contributed by atoms with Gasteiger partial charge >= 0.3 is 0 Å². The maximum Gasteiger partial charge on any atom is 0.296 e. The number of nitro groups is 2. The predicted molar refractivity (Wildman–Crippen MR) is 73.4 cm³/mol. The highest BCUT2D eigenvalue weighted by Gasteiger charge is 2.41. The number of benzene rings is 1. The number of hydrogen-bond donors (Lipinski definition) is 0. The van der Waals surface area contributed by atoms with Crippen LogP contribution < -0.4 is 0 Å². The van der Waals surface area contributed by atoms with Gasteiger partial charge in [-0.1, -0.05) is 0 Å². The van der Waals surface area contributed by atoms with Crippen LogP contribution in [0.25, 0.3) is 0 Å². The van der Waals surface area contributed by atoms with Gasteiger partial charge in [0.15, 0.2) is 0 Å². The van der Waals surface area contributed by atoms with Crippen molar-refractivity contribution in [3.05, 3.63) is 44.0 Å². The van der Waals surface area contributed by atoms with Gasteiger partial charge in [0.2, 0.25) is 5.12 Å². The van der Waals surface area contributed by atoms with E-state index >= 15 is 0 Å². The van der Waals surface area contributed by atoms with Gasteiger partial charge in [-0.2, -0.15) is 0 Å². The molecule has 2 amide bonds. The van der Waals surface area contributed by atoms with Gasteiger partial charge < -0.3 is 0 Å². The molecule has 0 bridgehead atoms. The van der Waals surface area contributed by atoms with Crippen molar-refractivity contribution < 1.29 is 24.2 Å². The van der Waals surface area contributed by atoms with Crippen molar-refractivity contribution in [1.82, 2.24) is 4.90 Å². The fourth-order valence-corrected chi connectivity index (χ4v) is 2.60. The Morgan fingerprint density at radius 3 is 2.00 bits per heavy atom. The number of nitrogens with zero attached hydrogens (tertiary/aromatic N) is 3. The van der Waals surface area contributed by atoms with E-state index in [0.717, 1.165) is 12.1 Å². The van der Waals surface area contributed by atoms with Gasteiger partial charge in [-0.25, -0.2) is 0 Å². The smallest absolute Gasteiger partial charge is 0.284 e. The molecule has 2 rings (SSSR count). The Kier molecular flexibility index (Phi) is 3.91. The molecule has 0 aromatic heterocycles. The third-order valence-corrected chi connectivity index (χ3v) is 3.82. The summed E-state index contributed by atoms with van der Waals surface area (Å²) in [5.74, 6) is -0.998. The highest BCUT2D eigenvalue weighted by Crippen LogP contribution is 2.29.